The van der Waals surface area contributed by atoms with Crippen molar-refractivity contribution in [2.75, 3.05) is 0 Å². The van der Waals surface area contributed by atoms with Crippen molar-refractivity contribution in [1.82, 2.24) is 0 Å². The summed E-state index contributed by atoms with van der Waals surface area (Å²) in [4.78, 5) is 0. The second kappa shape index (κ2) is 13.2. The van der Waals surface area contributed by atoms with Crippen molar-refractivity contribution < 1.29 is 83.9 Å². The zero-order chi connectivity index (χ0) is 32.3. The lowest BCUT2D eigenvalue weighted by atomic mass is 9.87. The quantitative estimate of drug-likeness (QED) is 0.0970. The van der Waals surface area contributed by atoms with E-state index in [0.717, 1.165) is 0 Å². The number of alkyl halides is 8. The maximum atomic E-state index is 12.7. The minimum atomic E-state index is -7.41. The van der Waals surface area contributed by atoms with Gasteiger partial charge in [0.05, 0.1) is 0 Å². The maximum absolute atomic E-state index is 12.7. The van der Waals surface area contributed by atoms with Crippen LogP contribution in [0.1, 0.15) is 52.7 Å². The van der Waals surface area contributed by atoms with E-state index in [1.54, 1.807) is 0 Å². The Hall–Kier alpha value is -1.25. The second-order valence-corrected chi connectivity index (χ2v) is 15.7. The van der Waals surface area contributed by atoms with E-state index in [1.165, 1.54) is 18.3 Å². The molecular formula is C24H26F8IO6S2-. The first-order valence-corrected chi connectivity index (χ1v) is 15.5. The van der Waals surface area contributed by atoms with Gasteiger partial charge in [-0.05, 0) is 46.2 Å². The topological polar surface area (TPSA) is 98.7 Å². The van der Waals surface area contributed by atoms with Crippen molar-refractivity contribution in [3.63, 3.8) is 0 Å². The predicted molar refractivity (Wildman–Crippen MR) is 127 cm³/mol. The summed E-state index contributed by atoms with van der Waals surface area (Å²) in [6.45, 7) is 13.6. The van der Waals surface area contributed by atoms with Crippen LogP contribution < -0.4 is 26.5 Å². The Kier molecular flexibility index (Phi) is 12.1. The van der Waals surface area contributed by atoms with E-state index >= 15 is 0 Å². The zero-order valence-electron chi connectivity index (χ0n) is 22.3. The highest BCUT2D eigenvalue weighted by atomic mass is 127. The average molecular weight is 753 g/mol. The average Bonchev–Trinajstić information content (AvgIpc) is 2.81. The van der Waals surface area contributed by atoms with E-state index < -0.39 is 44.5 Å². The van der Waals surface area contributed by atoms with Gasteiger partial charge in [0, 0.05) is 0 Å². The van der Waals surface area contributed by atoms with E-state index in [9.17, 15) is 48.1 Å². The van der Waals surface area contributed by atoms with Crippen molar-refractivity contribution in [3.05, 3.63) is 66.8 Å². The highest BCUT2D eigenvalue weighted by Gasteiger charge is 2.83. The lowest BCUT2D eigenvalue weighted by Crippen LogP contribution is -3.61. The lowest BCUT2D eigenvalue weighted by molar-refractivity contribution is -0.777. The molecule has 2 rings (SSSR count). The molecule has 0 saturated carbocycles. The summed E-state index contributed by atoms with van der Waals surface area (Å²) in [6.07, 6.45) is 0. The highest BCUT2D eigenvalue weighted by Crippen LogP contribution is 2.57. The van der Waals surface area contributed by atoms with Crippen LogP contribution in [0.4, 0.5) is 35.1 Å². The molecule has 41 heavy (non-hydrogen) atoms. The van der Waals surface area contributed by atoms with Gasteiger partial charge >= 0.3 is 43.6 Å². The summed E-state index contributed by atoms with van der Waals surface area (Å²) in [5.74, 6) is -14.4. The van der Waals surface area contributed by atoms with Crippen LogP contribution in [0.15, 0.2) is 48.5 Å². The third-order valence-electron chi connectivity index (χ3n) is 5.24. The molecule has 0 bridgehead atoms. The van der Waals surface area contributed by atoms with Gasteiger partial charge in [0.2, 0.25) is 0 Å². The summed E-state index contributed by atoms with van der Waals surface area (Å²) in [5, 5.41) is -2.07. The Morgan fingerprint density at radius 2 is 1.02 bits per heavy atom. The van der Waals surface area contributed by atoms with E-state index in [0.29, 0.717) is 0 Å². The predicted octanol–water partition coefficient (Wildman–Crippen LogP) is 3.27. The van der Waals surface area contributed by atoms with Crippen molar-refractivity contribution in [2.24, 2.45) is 0 Å². The normalized spacial score (nSPS) is 14.0. The Morgan fingerprint density at radius 3 is 1.29 bits per heavy atom. The summed E-state index contributed by atoms with van der Waals surface area (Å²) in [6, 6.07) is 18.4. The first-order valence-electron chi connectivity index (χ1n) is 11.2. The smallest absolute Gasteiger partial charge is 0.402 e. The number of hydrogen-bond acceptors (Lipinski definition) is 7. The number of hydrogen-bond donors (Lipinski definition) is 0. The Balaban J connectivity index is 0.000000411. The summed E-state index contributed by atoms with van der Waals surface area (Å²) in [5.41, 5.74) is 3.31. The van der Waals surface area contributed by atoms with Crippen molar-refractivity contribution in [2.45, 2.75) is 74.7 Å². The van der Waals surface area contributed by atoms with Gasteiger partial charge < -0.3 is 9.81 Å². The first kappa shape index (κ1) is 37.8. The maximum Gasteiger partial charge on any atom is 0.402 e. The van der Waals surface area contributed by atoms with Crippen LogP contribution in [0.2, 0.25) is 0 Å². The molecule has 0 atom stereocenters. The molecule has 0 aliphatic heterocycles. The van der Waals surface area contributed by atoms with Crippen molar-refractivity contribution in [1.29, 1.82) is 0 Å². The molecule has 0 spiro atoms. The summed E-state index contributed by atoms with van der Waals surface area (Å²) < 4.78 is 136. The monoisotopic (exact) mass is 753 g/mol. The zero-order valence-corrected chi connectivity index (χ0v) is 26.1. The van der Waals surface area contributed by atoms with Crippen LogP contribution in [0, 0.1) is 7.14 Å². The molecule has 17 heteroatoms. The first-order chi connectivity index (χ1) is 18.2. The van der Waals surface area contributed by atoms with Crippen LogP contribution >= 0.6 is 12.0 Å². The minimum Gasteiger partial charge on any atom is -0.743 e. The van der Waals surface area contributed by atoms with E-state index in [2.05, 4.69) is 99.4 Å². The van der Waals surface area contributed by atoms with Crippen LogP contribution in [0.3, 0.4) is 0 Å². The highest BCUT2D eigenvalue weighted by molar-refractivity contribution is 7.95. The van der Waals surface area contributed by atoms with Gasteiger partial charge in [-0.1, -0.05) is 65.8 Å². The van der Waals surface area contributed by atoms with E-state index in [1.807, 2.05) is 0 Å². The molecule has 0 heterocycles. The molecule has 0 aliphatic rings. The standard InChI is InChI=1S/C20H26I.C4H2F8O6S2/c1-19(2,3)15-7-11-17(12-8-15)21-18-13-9-16(10-14-18)20(4,5)6;5-1(6,3(9,10)19-18-17-13)2(7,8)4(11,12)20(14,15)16/h7-14H,1-6H3;13H,(H,14,15,16)/q+1;/p-2. The molecule has 0 saturated heterocycles. The van der Waals surface area contributed by atoms with Gasteiger partial charge in [-0.15, -0.1) is 0 Å². The SMILES string of the molecule is CC(C)(C)c1ccc([I+]c2ccc(C(C)(C)C)cc2)cc1.O=S(=O)([O-])C(F)(F)C(F)(F)C(F)(F)C(F)(F)SOO[O-]. The van der Waals surface area contributed by atoms with Gasteiger partial charge in [0.1, 0.15) is 12.0 Å². The van der Waals surface area contributed by atoms with Gasteiger partial charge in [-0.3, -0.25) is 5.04 Å². The fraction of sp³-hybridized carbons (Fsp3) is 0.500. The number of benzene rings is 2. The molecule has 0 aliphatic carbocycles. The summed E-state index contributed by atoms with van der Waals surface area (Å²) >= 11 is -2.16. The van der Waals surface area contributed by atoms with Crippen LogP contribution in [-0.4, -0.2) is 35.3 Å². The van der Waals surface area contributed by atoms with Crippen LogP contribution in [0.5, 0.6) is 0 Å². The molecule has 234 valence electrons. The Bertz CT molecular complexity index is 1190. The molecule has 0 fully saturated rings. The third-order valence-corrected chi connectivity index (χ3v) is 9.40. The third kappa shape index (κ3) is 9.12. The lowest BCUT2D eigenvalue weighted by Gasteiger charge is -2.36. The molecule has 0 unspecified atom stereocenters. The molecule has 2 aromatic rings. The second-order valence-electron chi connectivity index (χ2n) is 10.5. The van der Waals surface area contributed by atoms with Gasteiger partial charge in [0.25, 0.3) is 0 Å². The van der Waals surface area contributed by atoms with E-state index in [4.69, 9.17) is 5.26 Å². The Labute approximate surface area is 246 Å². The van der Waals surface area contributed by atoms with Crippen molar-refractivity contribution >= 4 is 22.2 Å². The molecule has 0 aromatic heterocycles. The number of rotatable bonds is 9. The molecule has 0 N–H and O–H groups in total. The van der Waals surface area contributed by atoms with Gasteiger partial charge in [-0.25, -0.2) is 8.42 Å². The minimum absolute atomic E-state index is 0.0703. The van der Waals surface area contributed by atoms with Crippen molar-refractivity contribution in [3.8, 4) is 0 Å². The fourth-order valence-corrected chi connectivity index (χ4v) is 5.73. The number of halogens is 9. The van der Waals surface area contributed by atoms with Crippen LogP contribution in [0.25, 0.3) is 0 Å². The summed E-state index contributed by atoms with van der Waals surface area (Å²) in [7, 11) is -7.41. The largest absolute Gasteiger partial charge is 0.743 e. The fourth-order valence-electron chi connectivity index (χ4n) is 2.78. The van der Waals surface area contributed by atoms with E-state index in [-0.39, 0.29) is 32.0 Å². The molecule has 0 radical (unpaired) electrons. The van der Waals surface area contributed by atoms with Gasteiger partial charge in [-0.2, -0.15) is 39.5 Å². The molecular weight excluding hydrogens is 727 g/mol. The van der Waals surface area contributed by atoms with Gasteiger partial charge in [0.15, 0.2) is 17.3 Å². The molecule has 0 amide bonds. The molecule has 2 aromatic carbocycles. The Morgan fingerprint density at radius 1 is 0.683 bits per heavy atom. The molecule has 6 nitrogen and oxygen atoms in total. The van der Waals surface area contributed by atoms with Crippen LogP contribution in [-0.2, 0) is 30.3 Å².